The third kappa shape index (κ3) is 5.77. The van der Waals surface area contributed by atoms with Crippen molar-refractivity contribution in [1.82, 2.24) is 5.32 Å². The molecule has 0 unspecified atom stereocenters. The van der Waals surface area contributed by atoms with Gasteiger partial charge in [0.25, 0.3) is 5.91 Å². The van der Waals surface area contributed by atoms with Crippen molar-refractivity contribution in [3.63, 3.8) is 0 Å². The van der Waals surface area contributed by atoms with Crippen LogP contribution in [0, 0.1) is 0 Å². The number of para-hydroxylation sites is 1. The van der Waals surface area contributed by atoms with Gasteiger partial charge in [-0.15, -0.1) is 0 Å². The lowest BCUT2D eigenvalue weighted by Gasteiger charge is -2.32. The number of furan rings is 1. The Bertz CT molecular complexity index is 1230. The Kier molecular flexibility index (Phi) is 8.12. The molecule has 1 saturated carbocycles. The molecule has 3 aromatic rings. The molecule has 2 aromatic carbocycles. The molecule has 1 atom stereocenters. The number of amides is 3. The normalized spacial score (nSPS) is 14.0. The van der Waals surface area contributed by atoms with Crippen molar-refractivity contribution >= 4 is 29.1 Å². The molecular formula is C28H31N3O6. The molecule has 2 N–H and O–H groups in total. The van der Waals surface area contributed by atoms with E-state index < -0.39 is 11.9 Å². The highest BCUT2D eigenvalue weighted by Crippen LogP contribution is 2.40. The maximum atomic E-state index is 14.0. The second-order valence-electron chi connectivity index (χ2n) is 8.86. The molecule has 3 amide bonds. The van der Waals surface area contributed by atoms with Crippen molar-refractivity contribution in [2.45, 2.75) is 44.7 Å². The Morgan fingerprint density at radius 2 is 1.70 bits per heavy atom. The lowest BCUT2D eigenvalue weighted by atomic mass is 10.00. The van der Waals surface area contributed by atoms with Gasteiger partial charge >= 0.3 is 0 Å². The molecule has 0 saturated heterocycles. The molecule has 37 heavy (non-hydrogen) atoms. The van der Waals surface area contributed by atoms with E-state index in [2.05, 4.69) is 10.6 Å². The topological polar surface area (TPSA) is 110 Å². The number of nitrogens with zero attached hydrogens (tertiary/aromatic N) is 1. The first-order valence-electron chi connectivity index (χ1n) is 12.2. The number of anilines is 2. The van der Waals surface area contributed by atoms with Gasteiger partial charge in [-0.1, -0.05) is 25.0 Å². The number of rotatable bonds is 9. The van der Waals surface area contributed by atoms with Crippen LogP contribution < -0.4 is 25.0 Å². The van der Waals surface area contributed by atoms with Gasteiger partial charge in [-0.05, 0) is 55.3 Å². The molecule has 4 rings (SSSR count). The summed E-state index contributed by atoms with van der Waals surface area (Å²) in [5.74, 6) is -0.204. The average molecular weight is 506 g/mol. The number of benzene rings is 2. The molecule has 0 spiro atoms. The van der Waals surface area contributed by atoms with E-state index in [0.717, 1.165) is 25.7 Å². The van der Waals surface area contributed by atoms with Crippen LogP contribution in [-0.2, 0) is 9.59 Å². The fourth-order valence-electron chi connectivity index (χ4n) is 4.69. The van der Waals surface area contributed by atoms with E-state index in [1.165, 1.54) is 32.3 Å². The van der Waals surface area contributed by atoms with Gasteiger partial charge in [-0.3, -0.25) is 19.3 Å². The second-order valence-corrected chi connectivity index (χ2v) is 8.86. The number of hydrogen-bond acceptors (Lipinski definition) is 6. The van der Waals surface area contributed by atoms with Gasteiger partial charge in [0.05, 0.1) is 20.5 Å². The van der Waals surface area contributed by atoms with Gasteiger partial charge < -0.3 is 24.5 Å². The van der Waals surface area contributed by atoms with E-state index in [4.69, 9.17) is 13.9 Å². The van der Waals surface area contributed by atoms with Gasteiger partial charge in [0.15, 0.2) is 17.3 Å². The van der Waals surface area contributed by atoms with Gasteiger partial charge in [-0.25, -0.2) is 0 Å². The summed E-state index contributed by atoms with van der Waals surface area (Å²) in [6, 6.07) is 14.0. The van der Waals surface area contributed by atoms with Crippen molar-refractivity contribution in [2.24, 2.45) is 0 Å². The van der Waals surface area contributed by atoms with Crippen LogP contribution in [0.4, 0.5) is 11.4 Å². The fraction of sp³-hybridized carbons (Fsp3) is 0.321. The first kappa shape index (κ1) is 25.8. The van der Waals surface area contributed by atoms with Gasteiger partial charge in [0.2, 0.25) is 11.8 Å². The first-order valence-corrected chi connectivity index (χ1v) is 12.2. The quantitative estimate of drug-likeness (QED) is 0.436. The van der Waals surface area contributed by atoms with E-state index in [1.807, 2.05) is 0 Å². The summed E-state index contributed by atoms with van der Waals surface area (Å²) in [5, 5.41) is 5.85. The average Bonchev–Trinajstić information content (AvgIpc) is 3.61. The number of carbonyl (C=O) groups excluding carboxylic acids is 3. The summed E-state index contributed by atoms with van der Waals surface area (Å²) in [4.78, 5) is 40.8. The number of hydrogen-bond donors (Lipinski definition) is 2. The summed E-state index contributed by atoms with van der Waals surface area (Å²) in [6.45, 7) is 1.42. The van der Waals surface area contributed by atoms with E-state index in [9.17, 15) is 14.4 Å². The molecule has 1 aromatic heterocycles. The van der Waals surface area contributed by atoms with Crippen LogP contribution in [0.3, 0.4) is 0 Å². The molecule has 9 heteroatoms. The predicted octanol–water partition coefficient (Wildman–Crippen LogP) is 4.70. The third-order valence-electron chi connectivity index (χ3n) is 6.35. The van der Waals surface area contributed by atoms with Crippen molar-refractivity contribution in [2.75, 3.05) is 24.4 Å². The van der Waals surface area contributed by atoms with Crippen molar-refractivity contribution < 1.29 is 28.3 Å². The predicted molar refractivity (Wildman–Crippen MR) is 139 cm³/mol. The lowest BCUT2D eigenvalue weighted by Crippen LogP contribution is -2.46. The highest BCUT2D eigenvalue weighted by Gasteiger charge is 2.38. The standard InChI is InChI=1S/C28H31N3O6/c1-18(32)29-20-13-15-21(16-14-20)31(28(34)24-12-7-17-37-24)25(27(33)30-19-8-4-5-9-19)22-10-6-11-23(35-2)26(22)36-3/h6-7,10-17,19,25H,4-5,8-9H2,1-3H3,(H,29,32)(H,30,33)/t25-/m0/s1. The highest BCUT2D eigenvalue weighted by molar-refractivity contribution is 6.09. The second kappa shape index (κ2) is 11.6. The van der Waals surface area contributed by atoms with Crippen molar-refractivity contribution in [3.05, 3.63) is 72.2 Å². The maximum Gasteiger partial charge on any atom is 0.294 e. The third-order valence-corrected chi connectivity index (χ3v) is 6.35. The lowest BCUT2D eigenvalue weighted by molar-refractivity contribution is -0.123. The molecule has 1 aliphatic carbocycles. The Morgan fingerprint density at radius 3 is 2.30 bits per heavy atom. The Morgan fingerprint density at radius 1 is 0.973 bits per heavy atom. The minimum Gasteiger partial charge on any atom is -0.493 e. The molecule has 0 bridgehead atoms. The number of methoxy groups -OCH3 is 2. The summed E-state index contributed by atoms with van der Waals surface area (Å²) in [5.41, 5.74) is 1.46. The van der Waals surface area contributed by atoms with Crippen LogP contribution in [0.1, 0.15) is 54.8 Å². The van der Waals surface area contributed by atoms with E-state index in [0.29, 0.717) is 28.4 Å². The number of ether oxygens (including phenoxy) is 2. The first-order chi connectivity index (χ1) is 17.9. The van der Waals surface area contributed by atoms with Crippen LogP contribution in [0.15, 0.2) is 65.3 Å². The van der Waals surface area contributed by atoms with Crippen molar-refractivity contribution in [1.29, 1.82) is 0 Å². The largest absolute Gasteiger partial charge is 0.493 e. The molecular weight excluding hydrogens is 474 g/mol. The van der Waals surface area contributed by atoms with Crippen LogP contribution >= 0.6 is 0 Å². The minimum absolute atomic E-state index is 0.0225. The van der Waals surface area contributed by atoms with Gasteiger partial charge in [0.1, 0.15) is 6.04 Å². The number of carbonyl (C=O) groups is 3. The molecule has 9 nitrogen and oxygen atoms in total. The van der Waals surface area contributed by atoms with Gasteiger partial charge in [-0.2, -0.15) is 0 Å². The van der Waals surface area contributed by atoms with Crippen molar-refractivity contribution in [3.8, 4) is 11.5 Å². The van der Waals surface area contributed by atoms with E-state index in [-0.39, 0.29) is 23.6 Å². The summed E-state index contributed by atoms with van der Waals surface area (Å²) in [7, 11) is 3.01. The Labute approximate surface area is 215 Å². The van der Waals surface area contributed by atoms with Crippen LogP contribution in [0.5, 0.6) is 11.5 Å². The molecule has 194 valence electrons. The van der Waals surface area contributed by atoms with Crippen LogP contribution in [-0.4, -0.2) is 38.0 Å². The molecule has 1 heterocycles. The van der Waals surface area contributed by atoms with E-state index >= 15 is 0 Å². The smallest absolute Gasteiger partial charge is 0.294 e. The maximum absolute atomic E-state index is 14.0. The van der Waals surface area contributed by atoms with Gasteiger partial charge in [0, 0.05) is 29.9 Å². The minimum atomic E-state index is -1.10. The fourth-order valence-corrected chi connectivity index (χ4v) is 4.69. The number of nitrogens with one attached hydrogen (secondary N) is 2. The van der Waals surface area contributed by atoms with E-state index in [1.54, 1.807) is 54.6 Å². The summed E-state index contributed by atoms with van der Waals surface area (Å²) in [6.07, 6.45) is 5.25. The molecule has 1 fully saturated rings. The SMILES string of the molecule is COc1cccc([C@@H](C(=O)NC2CCCC2)N(C(=O)c2ccco2)c2ccc(NC(C)=O)cc2)c1OC. The Hall–Kier alpha value is -4.27. The zero-order chi connectivity index (χ0) is 26.4. The molecule has 0 radical (unpaired) electrons. The highest BCUT2D eigenvalue weighted by atomic mass is 16.5. The summed E-state index contributed by atoms with van der Waals surface area (Å²) < 4.78 is 16.6. The zero-order valence-corrected chi connectivity index (χ0v) is 21.2. The molecule has 1 aliphatic rings. The molecule has 0 aliphatic heterocycles. The monoisotopic (exact) mass is 505 g/mol. The summed E-state index contributed by atoms with van der Waals surface area (Å²) >= 11 is 0. The van der Waals surface area contributed by atoms with Crippen LogP contribution in [0.25, 0.3) is 0 Å². The van der Waals surface area contributed by atoms with Crippen LogP contribution in [0.2, 0.25) is 0 Å². The Balaban J connectivity index is 1.86. The zero-order valence-electron chi connectivity index (χ0n) is 21.2.